The van der Waals surface area contributed by atoms with Gasteiger partial charge >= 0.3 is 0 Å². The Morgan fingerprint density at radius 3 is 3.00 bits per heavy atom. The molecule has 8 heteroatoms. The fourth-order valence-electron chi connectivity index (χ4n) is 2.28. The summed E-state index contributed by atoms with van der Waals surface area (Å²) < 4.78 is 1.76. The minimum Gasteiger partial charge on any atom is -0.317 e. The molecule has 1 aliphatic rings. The van der Waals surface area contributed by atoms with Crippen molar-refractivity contribution < 1.29 is 4.79 Å². The molecule has 1 amide bonds. The molecule has 0 saturated carbocycles. The number of piperidine rings is 1. The Kier molecular flexibility index (Phi) is 4.12. The summed E-state index contributed by atoms with van der Waals surface area (Å²) in [5, 5.41) is 14.3. The lowest BCUT2D eigenvalue weighted by Crippen LogP contribution is -2.29. The van der Waals surface area contributed by atoms with Crippen LogP contribution in [0, 0.1) is 0 Å². The Labute approximate surface area is 126 Å². The first-order valence-corrected chi connectivity index (χ1v) is 7.16. The Hall–Kier alpha value is -1.99. The average Bonchev–Trinajstić information content (AvgIpc) is 3.00. The topological polar surface area (TPSA) is 84.7 Å². The van der Waals surface area contributed by atoms with Crippen LogP contribution in [-0.2, 0) is 0 Å². The molecule has 1 saturated heterocycles. The van der Waals surface area contributed by atoms with Crippen LogP contribution in [0.5, 0.6) is 0 Å². The van der Waals surface area contributed by atoms with E-state index in [-0.39, 0.29) is 11.6 Å². The second-order valence-corrected chi connectivity index (χ2v) is 5.26. The van der Waals surface area contributed by atoms with E-state index in [1.165, 1.54) is 0 Å². The molecule has 1 fully saturated rings. The summed E-state index contributed by atoms with van der Waals surface area (Å²) in [6.07, 6.45) is 5.20. The Balaban J connectivity index is 1.71. The molecule has 3 rings (SSSR count). The summed E-state index contributed by atoms with van der Waals surface area (Å²) in [4.78, 5) is 16.1. The van der Waals surface area contributed by atoms with Crippen molar-refractivity contribution >= 4 is 23.3 Å². The molecule has 21 heavy (non-hydrogen) atoms. The van der Waals surface area contributed by atoms with Gasteiger partial charge in [-0.25, -0.2) is 9.67 Å². The number of anilines is 1. The molecule has 110 valence electrons. The van der Waals surface area contributed by atoms with Crippen LogP contribution >= 0.6 is 11.6 Å². The average molecular weight is 307 g/mol. The molecule has 1 aliphatic heterocycles. The van der Waals surface area contributed by atoms with Crippen LogP contribution in [0.1, 0.15) is 29.4 Å². The Morgan fingerprint density at radius 2 is 2.24 bits per heavy atom. The first kappa shape index (κ1) is 14.0. The number of halogens is 1. The number of hydrogen-bond donors (Lipinski definition) is 2. The summed E-state index contributed by atoms with van der Waals surface area (Å²) >= 11 is 5.96. The van der Waals surface area contributed by atoms with Gasteiger partial charge in [0.15, 0.2) is 11.5 Å². The highest BCUT2D eigenvalue weighted by molar-refractivity contribution is 6.33. The molecular formula is C13H15ClN6O. The number of rotatable bonds is 3. The van der Waals surface area contributed by atoms with Crippen LogP contribution in [0.3, 0.4) is 0 Å². The quantitative estimate of drug-likeness (QED) is 0.898. The molecule has 0 aliphatic carbocycles. The zero-order valence-corrected chi connectivity index (χ0v) is 12.0. The van der Waals surface area contributed by atoms with Gasteiger partial charge in [0.25, 0.3) is 5.91 Å². The lowest BCUT2D eigenvalue weighted by molar-refractivity contribution is 0.102. The molecule has 0 spiro atoms. The third-order valence-corrected chi connectivity index (χ3v) is 3.72. The zero-order chi connectivity index (χ0) is 14.7. The highest BCUT2D eigenvalue weighted by atomic mass is 35.5. The van der Waals surface area contributed by atoms with Gasteiger partial charge < -0.3 is 10.6 Å². The molecule has 3 heterocycles. The van der Waals surface area contributed by atoms with Crippen molar-refractivity contribution in [3.8, 4) is 0 Å². The van der Waals surface area contributed by atoms with E-state index >= 15 is 0 Å². The predicted molar refractivity (Wildman–Crippen MR) is 78.4 cm³/mol. The fraction of sp³-hybridized carbons (Fsp3) is 0.385. The van der Waals surface area contributed by atoms with Crippen molar-refractivity contribution in [2.45, 2.75) is 18.9 Å². The molecule has 0 atom stereocenters. The minimum absolute atomic E-state index is 0.259. The van der Waals surface area contributed by atoms with E-state index in [2.05, 4.69) is 25.9 Å². The maximum Gasteiger partial charge on any atom is 0.279 e. The smallest absolute Gasteiger partial charge is 0.279 e. The summed E-state index contributed by atoms with van der Waals surface area (Å²) in [7, 11) is 0. The third kappa shape index (κ3) is 3.20. The largest absolute Gasteiger partial charge is 0.317 e. The van der Waals surface area contributed by atoms with Crippen molar-refractivity contribution in [3.63, 3.8) is 0 Å². The summed E-state index contributed by atoms with van der Waals surface area (Å²) in [5.74, 6) is -0.0450. The number of nitrogens with one attached hydrogen (secondary N) is 2. The molecule has 0 aromatic carbocycles. The number of carbonyl (C=O) groups excluding carboxylic acids is 1. The van der Waals surface area contributed by atoms with Gasteiger partial charge in [-0.3, -0.25) is 4.79 Å². The molecule has 7 nitrogen and oxygen atoms in total. The number of amides is 1. The second-order valence-electron chi connectivity index (χ2n) is 4.85. The number of nitrogens with zero attached hydrogens (tertiary/aromatic N) is 4. The van der Waals surface area contributed by atoms with Crippen molar-refractivity contribution in [1.29, 1.82) is 0 Å². The standard InChI is InChI=1S/C13H15ClN6O/c14-10-2-1-5-16-12(10)17-13(21)11-8-20(19-18-11)9-3-6-15-7-4-9/h1-2,5,8-9,15H,3-4,6-7H2,(H,16,17,21). The molecule has 2 N–H and O–H groups in total. The lowest BCUT2D eigenvalue weighted by atomic mass is 10.1. The molecule has 0 bridgehead atoms. The molecule has 2 aromatic rings. The highest BCUT2D eigenvalue weighted by Gasteiger charge is 2.19. The number of aromatic nitrogens is 4. The van der Waals surface area contributed by atoms with Crippen LogP contribution in [0.15, 0.2) is 24.5 Å². The number of carbonyl (C=O) groups is 1. The Bertz CT molecular complexity index is 637. The van der Waals surface area contributed by atoms with Gasteiger partial charge in [0.05, 0.1) is 17.3 Å². The van der Waals surface area contributed by atoms with Gasteiger partial charge in [-0.1, -0.05) is 16.8 Å². The maximum absolute atomic E-state index is 12.1. The van der Waals surface area contributed by atoms with E-state index in [1.54, 1.807) is 29.2 Å². The zero-order valence-electron chi connectivity index (χ0n) is 11.3. The lowest BCUT2D eigenvalue weighted by Gasteiger charge is -2.22. The molecular weight excluding hydrogens is 292 g/mol. The van der Waals surface area contributed by atoms with Crippen LogP contribution < -0.4 is 10.6 Å². The van der Waals surface area contributed by atoms with Crippen molar-refractivity contribution in [3.05, 3.63) is 35.2 Å². The molecule has 0 radical (unpaired) electrons. The highest BCUT2D eigenvalue weighted by Crippen LogP contribution is 2.19. The monoisotopic (exact) mass is 306 g/mol. The van der Waals surface area contributed by atoms with Gasteiger partial charge in [0, 0.05) is 6.20 Å². The normalized spacial score (nSPS) is 15.9. The van der Waals surface area contributed by atoms with Crippen LogP contribution in [0.25, 0.3) is 0 Å². The SMILES string of the molecule is O=C(Nc1ncccc1Cl)c1cn(C2CCNCC2)nn1. The van der Waals surface area contributed by atoms with Crippen LogP contribution in [-0.4, -0.2) is 39.0 Å². The van der Waals surface area contributed by atoms with Gasteiger partial charge in [-0.05, 0) is 38.1 Å². The summed E-state index contributed by atoms with van der Waals surface area (Å²) in [5.41, 5.74) is 0.259. The summed E-state index contributed by atoms with van der Waals surface area (Å²) in [6.45, 7) is 1.91. The second kappa shape index (κ2) is 6.19. The summed E-state index contributed by atoms with van der Waals surface area (Å²) in [6, 6.07) is 3.65. The van der Waals surface area contributed by atoms with Crippen molar-refractivity contribution in [1.82, 2.24) is 25.3 Å². The predicted octanol–water partition coefficient (Wildman–Crippen LogP) is 1.50. The van der Waals surface area contributed by atoms with Crippen LogP contribution in [0.4, 0.5) is 5.82 Å². The number of hydrogen-bond acceptors (Lipinski definition) is 5. The first-order chi connectivity index (χ1) is 10.2. The molecule has 2 aromatic heterocycles. The maximum atomic E-state index is 12.1. The van der Waals surface area contributed by atoms with E-state index in [9.17, 15) is 4.79 Å². The van der Waals surface area contributed by atoms with Crippen molar-refractivity contribution in [2.75, 3.05) is 18.4 Å². The third-order valence-electron chi connectivity index (χ3n) is 3.42. The van der Waals surface area contributed by atoms with E-state index < -0.39 is 0 Å². The molecule has 0 unspecified atom stereocenters. The van der Waals surface area contributed by atoms with Gasteiger partial charge in [-0.2, -0.15) is 0 Å². The van der Waals surface area contributed by atoms with E-state index in [0.717, 1.165) is 25.9 Å². The fourth-order valence-corrected chi connectivity index (χ4v) is 2.45. The Morgan fingerprint density at radius 1 is 1.43 bits per heavy atom. The van der Waals surface area contributed by atoms with Gasteiger partial charge in [0.1, 0.15) is 0 Å². The number of pyridine rings is 1. The van der Waals surface area contributed by atoms with E-state index in [4.69, 9.17) is 11.6 Å². The van der Waals surface area contributed by atoms with E-state index in [1.807, 2.05) is 0 Å². The first-order valence-electron chi connectivity index (χ1n) is 6.78. The van der Waals surface area contributed by atoms with Crippen molar-refractivity contribution in [2.24, 2.45) is 0 Å². The van der Waals surface area contributed by atoms with E-state index in [0.29, 0.717) is 16.9 Å². The van der Waals surface area contributed by atoms with Crippen LogP contribution in [0.2, 0.25) is 5.02 Å². The van der Waals surface area contributed by atoms with Gasteiger partial charge in [0.2, 0.25) is 0 Å². The minimum atomic E-state index is -0.365. The van der Waals surface area contributed by atoms with Gasteiger partial charge in [-0.15, -0.1) is 5.10 Å².